The lowest BCUT2D eigenvalue weighted by Crippen LogP contribution is -2.41. The van der Waals surface area contributed by atoms with E-state index in [9.17, 15) is 4.79 Å². The van der Waals surface area contributed by atoms with E-state index >= 15 is 0 Å². The van der Waals surface area contributed by atoms with Crippen molar-refractivity contribution in [2.24, 2.45) is 16.8 Å². The minimum Gasteiger partial charge on any atom is -0.469 e. The predicted octanol–water partition coefficient (Wildman–Crippen LogP) is 1.28. The van der Waals surface area contributed by atoms with Crippen molar-refractivity contribution >= 4 is 47.7 Å². The summed E-state index contributed by atoms with van der Waals surface area (Å²) in [5, 5.41) is 3.31. The largest absolute Gasteiger partial charge is 0.469 e. The molecule has 0 amide bonds. The Hall–Kier alpha value is -0.180. The number of hydrogen-bond acceptors (Lipinski definition) is 4. The number of esters is 1. The highest BCUT2D eigenvalue weighted by Crippen LogP contribution is 2.23. The number of halogens is 1. The molecule has 7 heteroatoms. The molecule has 0 aliphatic carbocycles. The Labute approximate surface area is 136 Å². The second kappa shape index (κ2) is 9.68. The number of rotatable bonds is 4. The maximum absolute atomic E-state index is 11.6. The highest BCUT2D eigenvalue weighted by molar-refractivity contribution is 14.0. The third kappa shape index (κ3) is 5.37. The Kier molecular flexibility index (Phi) is 9.59. The van der Waals surface area contributed by atoms with Crippen molar-refractivity contribution in [3.05, 3.63) is 0 Å². The van der Waals surface area contributed by atoms with Gasteiger partial charge in [0.1, 0.15) is 0 Å². The molecule has 0 saturated carbocycles. The molecule has 1 saturated heterocycles. The average molecular weight is 401 g/mol. The zero-order chi connectivity index (χ0) is 13.5. The normalized spacial score (nSPS) is 22.9. The van der Waals surface area contributed by atoms with E-state index < -0.39 is 0 Å². The molecule has 1 aliphatic heterocycles. The molecule has 0 spiro atoms. The van der Waals surface area contributed by atoms with Crippen molar-refractivity contribution in [2.75, 3.05) is 45.8 Å². The van der Waals surface area contributed by atoms with Gasteiger partial charge >= 0.3 is 5.97 Å². The molecule has 1 aliphatic rings. The topological polar surface area (TPSA) is 53.9 Å². The average Bonchev–Trinajstić information content (AvgIpc) is 2.76. The Morgan fingerprint density at radius 3 is 2.74 bits per heavy atom. The smallest absolute Gasteiger partial charge is 0.310 e. The lowest BCUT2D eigenvalue weighted by molar-refractivity contribution is -0.145. The van der Waals surface area contributed by atoms with Gasteiger partial charge in [-0.3, -0.25) is 9.79 Å². The molecule has 1 rings (SSSR count). The summed E-state index contributed by atoms with van der Waals surface area (Å²) in [5.74, 6) is 2.06. The third-order valence-corrected chi connectivity index (χ3v) is 3.83. The van der Waals surface area contributed by atoms with Gasteiger partial charge < -0.3 is 15.0 Å². The fourth-order valence-electron chi connectivity index (χ4n) is 2.20. The number of nitrogens with zero attached hydrogens (tertiary/aromatic N) is 2. The molecule has 2 unspecified atom stereocenters. The zero-order valence-corrected chi connectivity index (χ0v) is 15.2. The quantitative estimate of drug-likeness (QED) is 0.253. The number of thioether (sulfide) groups is 1. The third-order valence-electron chi connectivity index (χ3n) is 3.22. The molecule has 0 aromatic carbocycles. The number of likely N-dealkylation sites (tertiary alicyclic amines) is 1. The van der Waals surface area contributed by atoms with Crippen molar-refractivity contribution in [3.63, 3.8) is 0 Å². The van der Waals surface area contributed by atoms with Gasteiger partial charge in [0.25, 0.3) is 0 Å². The first-order valence-electron chi connectivity index (χ1n) is 6.16. The van der Waals surface area contributed by atoms with Crippen LogP contribution in [0.3, 0.4) is 0 Å². The first kappa shape index (κ1) is 18.8. The molecule has 0 bridgehead atoms. The second-order valence-electron chi connectivity index (χ2n) is 4.48. The first-order valence-corrected chi connectivity index (χ1v) is 7.55. The number of methoxy groups -OCH3 is 1. The number of carbonyl (C=O) groups excluding carboxylic acids is 1. The predicted molar refractivity (Wildman–Crippen MR) is 91.4 cm³/mol. The van der Waals surface area contributed by atoms with Gasteiger partial charge in [0.2, 0.25) is 0 Å². The second-order valence-corrected chi connectivity index (χ2v) is 5.46. The molecule has 1 fully saturated rings. The van der Waals surface area contributed by atoms with E-state index in [0.29, 0.717) is 12.5 Å². The van der Waals surface area contributed by atoms with Crippen molar-refractivity contribution in [1.82, 2.24) is 10.2 Å². The van der Waals surface area contributed by atoms with E-state index in [1.807, 2.05) is 0 Å². The molecule has 0 aromatic rings. The van der Waals surface area contributed by atoms with Gasteiger partial charge in [-0.25, -0.2) is 0 Å². The molecular weight excluding hydrogens is 377 g/mol. The van der Waals surface area contributed by atoms with Crippen molar-refractivity contribution in [2.45, 2.75) is 6.92 Å². The van der Waals surface area contributed by atoms with Gasteiger partial charge in [-0.1, -0.05) is 6.92 Å². The molecule has 1 heterocycles. The maximum Gasteiger partial charge on any atom is 0.310 e. The first-order chi connectivity index (χ1) is 8.63. The lowest BCUT2D eigenvalue weighted by Gasteiger charge is -2.21. The van der Waals surface area contributed by atoms with E-state index in [2.05, 4.69) is 28.4 Å². The maximum atomic E-state index is 11.6. The van der Waals surface area contributed by atoms with E-state index in [-0.39, 0.29) is 35.9 Å². The van der Waals surface area contributed by atoms with Crippen LogP contribution in [-0.4, -0.2) is 62.6 Å². The molecule has 5 nitrogen and oxygen atoms in total. The summed E-state index contributed by atoms with van der Waals surface area (Å²) < 4.78 is 4.84. The summed E-state index contributed by atoms with van der Waals surface area (Å²) in [6, 6.07) is 0. The summed E-state index contributed by atoms with van der Waals surface area (Å²) in [5.41, 5.74) is 0. The lowest BCUT2D eigenvalue weighted by atomic mass is 9.99. The van der Waals surface area contributed by atoms with Gasteiger partial charge in [0.15, 0.2) is 5.96 Å². The standard InChI is InChI=1S/C12H23N3O2S.HI/c1-9-7-15(8-10(9)11(16)17-3)12(13-2)14-5-6-18-4;/h9-10H,5-8H2,1-4H3,(H,13,14);1H. The Bertz CT molecular complexity index is 315. The molecule has 0 aromatic heterocycles. The molecule has 1 N–H and O–H groups in total. The van der Waals surface area contributed by atoms with E-state index in [0.717, 1.165) is 24.8 Å². The fraction of sp³-hybridized carbons (Fsp3) is 0.833. The molecule has 2 atom stereocenters. The van der Waals surface area contributed by atoms with E-state index in [4.69, 9.17) is 4.74 Å². The number of guanidine groups is 1. The van der Waals surface area contributed by atoms with Gasteiger partial charge in [-0.2, -0.15) is 11.8 Å². The van der Waals surface area contributed by atoms with Crippen LogP contribution < -0.4 is 5.32 Å². The van der Waals surface area contributed by atoms with Crippen LogP contribution in [0, 0.1) is 11.8 Å². The number of hydrogen-bond donors (Lipinski definition) is 1. The van der Waals surface area contributed by atoms with E-state index in [1.54, 1.807) is 18.8 Å². The van der Waals surface area contributed by atoms with Crippen LogP contribution in [0.5, 0.6) is 0 Å². The minimum atomic E-state index is -0.121. The zero-order valence-electron chi connectivity index (χ0n) is 12.0. The van der Waals surface area contributed by atoms with Gasteiger partial charge in [-0.05, 0) is 12.2 Å². The van der Waals surface area contributed by atoms with Crippen molar-refractivity contribution in [3.8, 4) is 0 Å². The van der Waals surface area contributed by atoms with Gasteiger partial charge in [-0.15, -0.1) is 24.0 Å². The molecular formula is C12H24IN3O2S. The van der Waals surface area contributed by atoms with Crippen LogP contribution in [0.4, 0.5) is 0 Å². The SMILES string of the molecule is CN=C(NCCSC)N1CC(C)C(C(=O)OC)C1.I. The number of aliphatic imine (C=N–C) groups is 1. The highest BCUT2D eigenvalue weighted by Gasteiger charge is 2.36. The Morgan fingerprint density at radius 1 is 1.53 bits per heavy atom. The summed E-state index contributed by atoms with van der Waals surface area (Å²) in [4.78, 5) is 18.0. The van der Waals surface area contributed by atoms with Crippen LogP contribution in [0.25, 0.3) is 0 Å². The summed E-state index contributed by atoms with van der Waals surface area (Å²) in [7, 11) is 3.22. The van der Waals surface area contributed by atoms with Crippen molar-refractivity contribution in [1.29, 1.82) is 0 Å². The Morgan fingerprint density at radius 2 is 2.21 bits per heavy atom. The molecule has 112 valence electrons. The monoisotopic (exact) mass is 401 g/mol. The minimum absolute atomic E-state index is 0. The van der Waals surface area contributed by atoms with Crippen LogP contribution in [0.2, 0.25) is 0 Å². The Balaban J connectivity index is 0.00000324. The van der Waals surface area contributed by atoms with Crippen LogP contribution >= 0.6 is 35.7 Å². The summed E-state index contributed by atoms with van der Waals surface area (Å²) >= 11 is 1.80. The fourth-order valence-corrected chi connectivity index (χ4v) is 2.50. The number of nitrogens with one attached hydrogen (secondary N) is 1. The van der Waals surface area contributed by atoms with Gasteiger partial charge in [0, 0.05) is 32.4 Å². The summed E-state index contributed by atoms with van der Waals surface area (Å²) in [6.45, 7) is 4.50. The molecule has 19 heavy (non-hydrogen) atoms. The van der Waals surface area contributed by atoms with Crippen LogP contribution in [-0.2, 0) is 9.53 Å². The van der Waals surface area contributed by atoms with E-state index in [1.165, 1.54) is 7.11 Å². The van der Waals surface area contributed by atoms with Gasteiger partial charge in [0.05, 0.1) is 13.0 Å². The van der Waals surface area contributed by atoms with Crippen LogP contribution in [0.15, 0.2) is 4.99 Å². The highest BCUT2D eigenvalue weighted by atomic mass is 127. The van der Waals surface area contributed by atoms with Crippen molar-refractivity contribution < 1.29 is 9.53 Å². The molecule has 0 radical (unpaired) electrons. The number of ether oxygens (including phenoxy) is 1. The summed E-state index contributed by atoms with van der Waals surface area (Å²) in [6.07, 6.45) is 2.08. The van der Waals surface area contributed by atoms with Crippen LogP contribution in [0.1, 0.15) is 6.92 Å². The number of carbonyl (C=O) groups is 1.